The summed E-state index contributed by atoms with van der Waals surface area (Å²) in [6.07, 6.45) is -2.90. The molecule has 0 radical (unpaired) electrons. The van der Waals surface area contributed by atoms with Crippen LogP contribution in [0, 0.1) is 0 Å². The van der Waals surface area contributed by atoms with Gasteiger partial charge in [0.2, 0.25) is 0 Å². The Kier molecular flexibility index (Phi) is 5.81. The van der Waals surface area contributed by atoms with Crippen LogP contribution < -0.4 is 4.90 Å². The summed E-state index contributed by atoms with van der Waals surface area (Å²) in [4.78, 5) is 20.4. The topological polar surface area (TPSA) is 36.4 Å². The largest absolute Gasteiger partial charge is 0.416 e. The van der Waals surface area contributed by atoms with E-state index in [2.05, 4.69) is 4.98 Å². The van der Waals surface area contributed by atoms with Gasteiger partial charge in [-0.2, -0.15) is 13.2 Å². The fourth-order valence-electron chi connectivity index (χ4n) is 3.58. The van der Waals surface area contributed by atoms with Gasteiger partial charge in [0.25, 0.3) is 0 Å². The third-order valence-electron chi connectivity index (χ3n) is 5.05. The number of hydrogen-bond donors (Lipinski definition) is 0. The third-order valence-corrected chi connectivity index (χ3v) is 5.52. The number of rotatable bonds is 4. The van der Waals surface area contributed by atoms with Gasteiger partial charge in [0, 0.05) is 30.0 Å². The first-order chi connectivity index (χ1) is 14.7. The molecule has 1 unspecified atom stereocenters. The number of urea groups is 1. The Morgan fingerprint density at radius 3 is 2.42 bits per heavy atom. The fraction of sp³-hybridized carbons (Fsp3) is 0.182. The number of anilines is 1. The molecule has 1 saturated heterocycles. The molecule has 0 bridgehead atoms. The maximum atomic E-state index is 13.3. The van der Waals surface area contributed by atoms with Gasteiger partial charge in [0.1, 0.15) is 5.15 Å². The van der Waals surface area contributed by atoms with Crippen LogP contribution in [-0.4, -0.2) is 22.5 Å². The Morgan fingerprint density at radius 1 is 1.03 bits per heavy atom. The molecule has 1 aromatic heterocycles. The van der Waals surface area contributed by atoms with Gasteiger partial charge in [-0.25, -0.2) is 9.78 Å². The second-order valence-corrected chi connectivity index (χ2v) is 7.96. The van der Waals surface area contributed by atoms with E-state index in [1.807, 2.05) is 0 Å². The van der Waals surface area contributed by atoms with Crippen molar-refractivity contribution in [2.24, 2.45) is 0 Å². The Balaban J connectivity index is 1.71. The fourth-order valence-corrected chi connectivity index (χ4v) is 3.81. The van der Waals surface area contributed by atoms with Crippen LogP contribution in [0.15, 0.2) is 66.9 Å². The van der Waals surface area contributed by atoms with Crippen LogP contribution in [-0.2, 0) is 12.7 Å². The molecule has 4 rings (SSSR count). The first kappa shape index (κ1) is 21.5. The molecule has 1 fully saturated rings. The van der Waals surface area contributed by atoms with Gasteiger partial charge in [-0.15, -0.1) is 0 Å². The summed E-state index contributed by atoms with van der Waals surface area (Å²) in [5, 5.41) is 0.830. The molecule has 0 N–H and O–H groups in total. The Morgan fingerprint density at radius 2 is 1.77 bits per heavy atom. The van der Waals surface area contributed by atoms with Crippen molar-refractivity contribution >= 4 is 34.9 Å². The van der Waals surface area contributed by atoms with Crippen LogP contribution in [0.3, 0.4) is 0 Å². The molecule has 4 nitrogen and oxygen atoms in total. The van der Waals surface area contributed by atoms with Gasteiger partial charge < -0.3 is 4.90 Å². The van der Waals surface area contributed by atoms with E-state index in [1.165, 1.54) is 11.0 Å². The van der Waals surface area contributed by atoms with Gasteiger partial charge in [-0.05, 0) is 53.6 Å². The number of alkyl halides is 3. The molecule has 1 aliphatic heterocycles. The quantitative estimate of drug-likeness (QED) is 0.407. The zero-order valence-electron chi connectivity index (χ0n) is 16.0. The summed E-state index contributed by atoms with van der Waals surface area (Å²) in [5.74, 6) is 0. The highest BCUT2D eigenvalue weighted by molar-refractivity contribution is 6.30. The average Bonchev–Trinajstić information content (AvgIpc) is 3.06. The number of nitrogens with zero attached hydrogens (tertiary/aromatic N) is 3. The van der Waals surface area contributed by atoms with Crippen LogP contribution >= 0.6 is 23.2 Å². The van der Waals surface area contributed by atoms with Crippen molar-refractivity contribution in [3.63, 3.8) is 0 Å². The normalized spacial score (nSPS) is 16.8. The molecule has 9 heteroatoms. The molecular formula is C22H16Cl2F3N3O. The lowest BCUT2D eigenvalue weighted by molar-refractivity contribution is -0.137. The molecule has 0 saturated carbocycles. The number of halogens is 5. The lowest BCUT2D eigenvalue weighted by Gasteiger charge is -2.24. The monoisotopic (exact) mass is 465 g/mol. The van der Waals surface area contributed by atoms with Gasteiger partial charge in [-0.1, -0.05) is 41.4 Å². The van der Waals surface area contributed by atoms with Gasteiger partial charge in [0.05, 0.1) is 11.6 Å². The van der Waals surface area contributed by atoms with Crippen LogP contribution in [0.25, 0.3) is 0 Å². The molecule has 2 heterocycles. The van der Waals surface area contributed by atoms with Gasteiger partial charge >= 0.3 is 12.2 Å². The summed E-state index contributed by atoms with van der Waals surface area (Å²) < 4.78 is 39.8. The Labute approximate surface area is 186 Å². The van der Waals surface area contributed by atoms with E-state index in [1.54, 1.807) is 53.6 Å². The minimum Gasteiger partial charge on any atom is -0.318 e. The number of aromatic nitrogens is 1. The van der Waals surface area contributed by atoms with E-state index in [-0.39, 0.29) is 19.1 Å². The first-order valence-corrected chi connectivity index (χ1v) is 10.1. The minimum absolute atomic E-state index is 0.214. The molecular weight excluding hydrogens is 450 g/mol. The number of carbonyl (C=O) groups is 1. The molecule has 31 heavy (non-hydrogen) atoms. The highest BCUT2D eigenvalue weighted by Gasteiger charge is 2.40. The summed E-state index contributed by atoms with van der Waals surface area (Å²) in [7, 11) is 0. The highest BCUT2D eigenvalue weighted by atomic mass is 35.5. The van der Waals surface area contributed by atoms with Crippen LogP contribution in [0.4, 0.5) is 23.7 Å². The smallest absolute Gasteiger partial charge is 0.318 e. The highest BCUT2D eigenvalue weighted by Crippen LogP contribution is 2.38. The summed E-state index contributed by atoms with van der Waals surface area (Å²) >= 11 is 11.8. The second-order valence-electron chi connectivity index (χ2n) is 7.14. The zero-order chi connectivity index (χ0) is 22.2. The summed E-state index contributed by atoms with van der Waals surface area (Å²) in [5.41, 5.74) is 0.954. The molecule has 160 valence electrons. The number of benzene rings is 2. The van der Waals surface area contributed by atoms with E-state index < -0.39 is 17.8 Å². The summed E-state index contributed by atoms with van der Waals surface area (Å²) in [6, 6.07) is 14.2. The molecule has 3 aromatic rings. The lowest BCUT2D eigenvalue weighted by Crippen LogP contribution is -2.32. The van der Waals surface area contributed by atoms with Crippen molar-refractivity contribution in [3.05, 3.63) is 93.7 Å². The first-order valence-electron chi connectivity index (χ1n) is 9.33. The second kappa shape index (κ2) is 8.40. The minimum atomic E-state index is -4.47. The number of carbonyl (C=O) groups excluding carboxylic acids is 1. The van der Waals surface area contributed by atoms with Gasteiger partial charge in [-0.3, -0.25) is 4.90 Å². The number of amides is 2. The predicted octanol–water partition coefficient (Wildman–Crippen LogP) is 6.59. The van der Waals surface area contributed by atoms with E-state index in [4.69, 9.17) is 23.2 Å². The number of hydrogen-bond acceptors (Lipinski definition) is 2. The van der Waals surface area contributed by atoms with Crippen molar-refractivity contribution in [2.75, 3.05) is 11.4 Å². The molecule has 2 aromatic carbocycles. The Hall–Kier alpha value is -2.77. The van der Waals surface area contributed by atoms with Crippen LogP contribution in [0.5, 0.6) is 0 Å². The van der Waals surface area contributed by atoms with Crippen LogP contribution in [0.1, 0.15) is 22.7 Å². The van der Waals surface area contributed by atoms with E-state index in [0.717, 1.165) is 17.7 Å². The molecule has 2 amide bonds. The Bertz CT molecular complexity index is 1090. The molecule has 1 aliphatic rings. The third kappa shape index (κ3) is 4.62. The standard InChI is InChI=1S/C22H16Cl2F3N3O/c23-17-5-7-18(8-6-17)30-19(15-2-1-3-16(10-15)22(25,26)27)13-29(21(30)31)12-14-4-9-20(24)28-11-14/h1-11,19H,12-13H2. The maximum absolute atomic E-state index is 13.3. The van der Waals surface area contributed by atoms with Crippen molar-refractivity contribution < 1.29 is 18.0 Å². The molecule has 0 spiro atoms. The average molecular weight is 466 g/mol. The van der Waals surface area contributed by atoms with Crippen molar-refractivity contribution in [1.82, 2.24) is 9.88 Å². The van der Waals surface area contributed by atoms with E-state index in [0.29, 0.717) is 21.4 Å². The van der Waals surface area contributed by atoms with Crippen molar-refractivity contribution in [2.45, 2.75) is 18.8 Å². The van der Waals surface area contributed by atoms with Gasteiger partial charge in [0.15, 0.2) is 0 Å². The lowest BCUT2D eigenvalue weighted by atomic mass is 10.0. The molecule has 1 atom stereocenters. The SMILES string of the molecule is O=C1N(Cc2ccc(Cl)nc2)CC(c2cccc(C(F)(F)F)c2)N1c1ccc(Cl)cc1. The molecule has 0 aliphatic carbocycles. The van der Waals surface area contributed by atoms with Crippen molar-refractivity contribution in [1.29, 1.82) is 0 Å². The van der Waals surface area contributed by atoms with Crippen LogP contribution in [0.2, 0.25) is 10.2 Å². The van der Waals surface area contributed by atoms with Crippen molar-refractivity contribution in [3.8, 4) is 0 Å². The maximum Gasteiger partial charge on any atom is 0.416 e. The number of pyridine rings is 1. The van der Waals surface area contributed by atoms with E-state index in [9.17, 15) is 18.0 Å². The predicted molar refractivity (Wildman–Crippen MR) is 113 cm³/mol. The summed E-state index contributed by atoms with van der Waals surface area (Å²) in [6.45, 7) is 0.466. The zero-order valence-corrected chi connectivity index (χ0v) is 17.5. The van der Waals surface area contributed by atoms with E-state index >= 15 is 0 Å².